The SMILES string of the molecule is CC(C)CC[C@H](O)C(=O)N(O)C(=O)N[C@H](C(=O)NC(C)(C)C)C(C)(C)C. The van der Waals surface area contributed by atoms with Crippen LogP contribution in [0, 0.1) is 11.3 Å². The highest BCUT2D eigenvalue weighted by atomic mass is 16.5. The number of aliphatic hydroxyl groups excluding tert-OH is 1. The molecule has 0 aliphatic rings. The fraction of sp³-hybridized carbons (Fsp3) is 0.833. The van der Waals surface area contributed by atoms with Gasteiger partial charge in [0.15, 0.2) is 0 Å². The van der Waals surface area contributed by atoms with Gasteiger partial charge in [-0.3, -0.25) is 14.8 Å². The molecule has 0 aliphatic heterocycles. The smallest absolute Gasteiger partial charge is 0.349 e. The first-order valence-electron chi connectivity index (χ1n) is 8.89. The Morgan fingerprint density at radius 2 is 1.50 bits per heavy atom. The zero-order valence-corrected chi connectivity index (χ0v) is 17.2. The van der Waals surface area contributed by atoms with Gasteiger partial charge in [0.25, 0.3) is 5.91 Å². The topological polar surface area (TPSA) is 119 Å². The predicted octanol–water partition coefficient (Wildman–Crippen LogP) is 2.04. The largest absolute Gasteiger partial charge is 0.383 e. The van der Waals surface area contributed by atoms with Gasteiger partial charge in [-0.1, -0.05) is 34.6 Å². The Morgan fingerprint density at radius 3 is 1.88 bits per heavy atom. The Morgan fingerprint density at radius 1 is 1.00 bits per heavy atom. The van der Waals surface area contributed by atoms with Crippen molar-refractivity contribution < 1.29 is 24.7 Å². The number of carbonyl (C=O) groups excluding carboxylic acids is 3. The van der Waals surface area contributed by atoms with Gasteiger partial charge in [-0.2, -0.15) is 0 Å². The number of amides is 4. The molecule has 8 nitrogen and oxygen atoms in total. The molecule has 0 spiro atoms. The summed E-state index contributed by atoms with van der Waals surface area (Å²) in [5.41, 5.74) is -1.17. The molecule has 0 aromatic heterocycles. The van der Waals surface area contributed by atoms with E-state index in [9.17, 15) is 24.7 Å². The van der Waals surface area contributed by atoms with Crippen LogP contribution < -0.4 is 10.6 Å². The van der Waals surface area contributed by atoms with Gasteiger partial charge in [0, 0.05) is 5.54 Å². The highest BCUT2D eigenvalue weighted by Crippen LogP contribution is 2.20. The fourth-order valence-corrected chi connectivity index (χ4v) is 2.16. The molecule has 4 N–H and O–H groups in total. The zero-order chi connectivity index (χ0) is 20.9. The second kappa shape index (κ2) is 9.32. The zero-order valence-electron chi connectivity index (χ0n) is 17.2. The molecule has 0 heterocycles. The number of nitrogens with one attached hydrogen (secondary N) is 2. The van der Waals surface area contributed by atoms with E-state index in [4.69, 9.17) is 0 Å². The number of aliphatic hydroxyl groups is 1. The molecule has 0 saturated carbocycles. The van der Waals surface area contributed by atoms with Crippen LogP contribution in [-0.2, 0) is 9.59 Å². The Balaban J connectivity index is 5.08. The van der Waals surface area contributed by atoms with Crippen LogP contribution in [0.15, 0.2) is 0 Å². The Bertz CT molecular complexity index is 506. The van der Waals surface area contributed by atoms with Crippen LogP contribution in [0.4, 0.5) is 4.79 Å². The van der Waals surface area contributed by atoms with Crippen molar-refractivity contribution in [3.63, 3.8) is 0 Å². The minimum atomic E-state index is -1.48. The van der Waals surface area contributed by atoms with Crippen LogP contribution in [0.1, 0.15) is 68.2 Å². The van der Waals surface area contributed by atoms with Crippen molar-refractivity contribution in [3.05, 3.63) is 0 Å². The Kier molecular flexibility index (Phi) is 8.72. The number of hydrogen-bond acceptors (Lipinski definition) is 5. The lowest BCUT2D eigenvalue weighted by Gasteiger charge is -2.33. The molecular weight excluding hydrogens is 338 g/mol. The van der Waals surface area contributed by atoms with Crippen molar-refractivity contribution in [2.45, 2.75) is 85.9 Å². The van der Waals surface area contributed by atoms with E-state index >= 15 is 0 Å². The molecular formula is C18H35N3O5. The molecule has 0 rings (SSSR count). The van der Waals surface area contributed by atoms with E-state index in [1.807, 2.05) is 13.8 Å². The van der Waals surface area contributed by atoms with Crippen molar-refractivity contribution in [2.24, 2.45) is 11.3 Å². The second-order valence-corrected chi connectivity index (χ2v) is 9.12. The number of rotatable bonds is 6. The van der Waals surface area contributed by atoms with Gasteiger partial charge in [-0.05, 0) is 44.9 Å². The van der Waals surface area contributed by atoms with Crippen molar-refractivity contribution in [1.82, 2.24) is 15.7 Å². The van der Waals surface area contributed by atoms with Crippen molar-refractivity contribution in [1.29, 1.82) is 0 Å². The monoisotopic (exact) mass is 373 g/mol. The minimum absolute atomic E-state index is 0.133. The third-order valence-corrected chi connectivity index (χ3v) is 3.60. The van der Waals surface area contributed by atoms with Crippen molar-refractivity contribution >= 4 is 17.8 Å². The average Bonchev–Trinajstić information content (AvgIpc) is 2.45. The van der Waals surface area contributed by atoms with E-state index in [0.717, 1.165) is 0 Å². The average molecular weight is 373 g/mol. The lowest BCUT2D eigenvalue weighted by atomic mass is 9.85. The van der Waals surface area contributed by atoms with Gasteiger partial charge in [0.05, 0.1) is 0 Å². The number of hydroxylamine groups is 2. The molecule has 26 heavy (non-hydrogen) atoms. The maximum Gasteiger partial charge on any atom is 0.349 e. The molecule has 4 amide bonds. The van der Waals surface area contributed by atoms with E-state index in [-0.39, 0.29) is 17.4 Å². The summed E-state index contributed by atoms with van der Waals surface area (Å²) in [5.74, 6) is -1.28. The molecule has 2 atom stereocenters. The number of hydrogen-bond donors (Lipinski definition) is 4. The van der Waals surface area contributed by atoms with Crippen LogP contribution in [0.5, 0.6) is 0 Å². The molecule has 152 valence electrons. The summed E-state index contributed by atoms with van der Waals surface area (Å²) < 4.78 is 0. The predicted molar refractivity (Wildman–Crippen MR) is 98.4 cm³/mol. The number of carbonyl (C=O) groups is 3. The van der Waals surface area contributed by atoms with Gasteiger partial charge in [0.2, 0.25) is 5.91 Å². The van der Waals surface area contributed by atoms with Crippen molar-refractivity contribution in [2.75, 3.05) is 0 Å². The molecule has 0 fully saturated rings. The van der Waals surface area contributed by atoms with E-state index in [1.165, 1.54) is 0 Å². The van der Waals surface area contributed by atoms with Gasteiger partial charge in [-0.25, -0.2) is 4.79 Å². The summed E-state index contributed by atoms with van der Waals surface area (Å²) >= 11 is 0. The van der Waals surface area contributed by atoms with Gasteiger partial charge in [-0.15, -0.1) is 5.06 Å². The third kappa shape index (κ3) is 8.62. The standard InChI is InChI=1S/C18H35N3O5/c1-11(2)9-10-12(22)15(24)21(26)16(25)19-13(17(3,4)5)14(23)20-18(6,7)8/h11-13,22,26H,9-10H2,1-8H3,(H,19,25)(H,20,23)/t12-,13+/m0/s1. The van der Waals surface area contributed by atoms with E-state index < -0.39 is 40.9 Å². The number of nitrogens with zero attached hydrogens (tertiary/aromatic N) is 1. The number of imide groups is 1. The van der Waals surface area contributed by atoms with E-state index in [0.29, 0.717) is 6.42 Å². The van der Waals surface area contributed by atoms with Crippen LogP contribution in [0.2, 0.25) is 0 Å². The number of urea groups is 1. The fourth-order valence-electron chi connectivity index (χ4n) is 2.16. The van der Waals surface area contributed by atoms with Gasteiger partial charge < -0.3 is 15.7 Å². The Hall–Kier alpha value is -1.67. The maximum atomic E-state index is 12.5. The summed E-state index contributed by atoms with van der Waals surface area (Å²) in [4.78, 5) is 36.7. The molecule has 0 unspecified atom stereocenters. The molecule has 0 aromatic carbocycles. The molecule has 0 aliphatic carbocycles. The van der Waals surface area contributed by atoms with Crippen LogP contribution in [-0.4, -0.2) is 50.9 Å². The minimum Gasteiger partial charge on any atom is -0.383 e. The van der Waals surface area contributed by atoms with Crippen molar-refractivity contribution in [3.8, 4) is 0 Å². The normalized spacial score (nSPS) is 14.6. The highest BCUT2D eigenvalue weighted by Gasteiger charge is 2.37. The maximum absolute atomic E-state index is 12.5. The molecule has 0 saturated heterocycles. The first kappa shape index (κ1) is 24.3. The lowest BCUT2D eigenvalue weighted by molar-refractivity contribution is -0.163. The molecule has 0 radical (unpaired) electrons. The molecule has 0 aromatic rings. The highest BCUT2D eigenvalue weighted by molar-refractivity contribution is 5.97. The first-order chi connectivity index (χ1) is 11.6. The third-order valence-electron chi connectivity index (χ3n) is 3.60. The van der Waals surface area contributed by atoms with E-state index in [2.05, 4.69) is 10.6 Å². The Labute approximate surface area is 156 Å². The van der Waals surface area contributed by atoms with Crippen LogP contribution >= 0.6 is 0 Å². The van der Waals surface area contributed by atoms with Gasteiger partial charge in [0.1, 0.15) is 12.1 Å². The lowest BCUT2D eigenvalue weighted by Crippen LogP contribution is -2.59. The quantitative estimate of drug-likeness (QED) is 0.420. The van der Waals surface area contributed by atoms with Crippen LogP contribution in [0.25, 0.3) is 0 Å². The molecule has 8 heteroatoms. The molecule has 0 bridgehead atoms. The van der Waals surface area contributed by atoms with Crippen LogP contribution in [0.3, 0.4) is 0 Å². The summed E-state index contributed by atoms with van der Waals surface area (Å²) in [6, 6.07) is -2.13. The van der Waals surface area contributed by atoms with Gasteiger partial charge >= 0.3 is 6.03 Å². The summed E-state index contributed by atoms with van der Waals surface area (Å²) in [6.07, 6.45) is -0.778. The second-order valence-electron chi connectivity index (χ2n) is 9.12. The summed E-state index contributed by atoms with van der Waals surface area (Å²) in [6.45, 7) is 14.5. The first-order valence-corrected chi connectivity index (χ1v) is 8.89. The summed E-state index contributed by atoms with van der Waals surface area (Å²) in [5, 5.41) is 24.6. The van der Waals surface area contributed by atoms with E-state index in [1.54, 1.807) is 41.5 Å². The summed E-state index contributed by atoms with van der Waals surface area (Å²) in [7, 11) is 0.